The molecule has 1 aliphatic heterocycles. The molecule has 3 fully saturated rings. The van der Waals surface area contributed by atoms with Crippen LogP contribution in [0.2, 0.25) is 0 Å². The maximum atomic E-state index is 12.4. The Morgan fingerprint density at radius 2 is 1.67 bits per heavy atom. The van der Waals surface area contributed by atoms with Crippen LogP contribution in [0.15, 0.2) is 42.5 Å². The summed E-state index contributed by atoms with van der Waals surface area (Å²) in [4.78, 5) is 25.9. The van der Waals surface area contributed by atoms with E-state index in [-0.39, 0.29) is 11.7 Å². The summed E-state index contributed by atoms with van der Waals surface area (Å²) in [6.45, 7) is 5.20. The molecule has 4 nitrogen and oxygen atoms in total. The standard InChI is InChI=1S/C26H29NO3/c1-17-15-21(18(2)28)7-8-22(17)19-3-5-20(6-4-19)23-16-25(23)11-13-27(14-12-25)24(29)26(30)9-10-26/h3-8,15,23,30H,9-14,16H2,1-2H3. The quantitative estimate of drug-likeness (QED) is 0.766. The molecule has 0 bridgehead atoms. The Balaban J connectivity index is 1.25. The summed E-state index contributed by atoms with van der Waals surface area (Å²) >= 11 is 0. The Morgan fingerprint density at radius 3 is 2.23 bits per heavy atom. The number of ketones is 1. The predicted molar refractivity (Wildman–Crippen MR) is 116 cm³/mol. The molecule has 1 N–H and O–H groups in total. The summed E-state index contributed by atoms with van der Waals surface area (Å²) in [6.07, 6.45) is 4.52. The van der Waals surface area contributed by atoms with Crippen LogP contribution in [0.3, 0.4) is 0 Å². The van der Waals surface area contributed by atoms with Crippen molar-refractivity contribution in [2.75, 3.05) is 13.1 Å². The molecule has 2 aliphatic carbocycles. The highest BCUT2D eigenvalue weighted by atomic mass is 16.3. The number of Topliss-reactive ketones (excluding diaryl/α,β-unsaturated/α-hetero) is 1. The third-order valence-electron chi connectivity index (χ3n) is 7.61. The van der Waals surface area contributed by atoms with Crippen molar-refractivity contribution in [1.29, 1.82) is 0 Å². The number of carbonyl (C=O) groups excluding carboxylic acids is 2. The summed E-state index contributed by atoms with van der Waals surface area (Å²) in [5.41, 5.74) is 4.91. The number of hydrogen-bond acceptors (Lipinski definition) is 3. The van der Waals surface area contributed by atoms with Gasteiger partial charge in [0, 0.05) is 18.7 Å². The Labute approximate surface area is 177 Å². The summed E-state index contributed by atoms with van der Waals surface area (Å²) in [7, 11) is 0. The fraction of sp³-hybridized carbons (Fsp3) is 0.462. The zero-order valence-corrected chi connectivity index (χ0v) is 17.8. The number of hydrogen-bond donors (Lipinski definition) is 1. The van der Waals surface area contributed by atoms with E-state index in [4.69, 9.17) is 0 Å². The van der Waals surface area contributed by atoms with Crippen molar-refractivity contribution in [3.63, 3.8) is 0 Å². The third-order valence-corrected chi connectivity index (χ3v) is 7.61. The van der Waals surface area contributed by atoms with Gasteiger partial charge < -0.3 is 10.0 Å². The molecule has 1 spiro atoms. The first-order valence-corrected chi connectivity index (χ1v) is 11.1. The van der Waals surface area contributed by atoms with Gasteiger partial charge in [-0.2, -0.15) is 0 Å². The normalized spacial score (nSPS) is 23.3. The predicted octanol–water partition coefficient (Wildman–Crippen LogP) is 4.49. The number of benzene rings is 2. The van der Waals surface area contributed by atoms with Gasteiger partial charge in [0.15, 0.2) is 5.78 Å². The first-order valence-electron chi connectivity index (χ1n) is 11.1. The largest absolute Gasteiger partial charge is 0.380 e. The molecule has 0 aromatic heterocycles. The van der Waals surface area contributed by atoms with E-state index in [9.17, 15) is 14.7 Å². The van der Waals surface area contributed by atoms with Crippen molar-refractivity contribution >= 4 is 11.7 Å². The van der Waals surface area contributed by atoms with Crippen LogP contribution in [-0.4, -0.2) is 40.4 Å². The van der Waals surface area contributed by atoms with Crippen LogP contribution < -0.4 is 0 Å². The Kier molecular flexibility index (Phi) is 4.41. The Bertz CT molecular complexity index is 1010. The van der Waals surface area contributed by atoms with E-state index in [0.29, 0.717) is 24.2 Å². The maximum Gasteiger partial charge on any atom is 0.254 e. The molecular formula is C26H29NO3. The van der Waals surface area contributed by atoms with E-state index in [1.807, 2.05) is 23.1 Å². The molecular weight excluding hydrogens is 374 g/mol. The molecule has 156 valence electrons. The van der Waals surface area contributed by atoms with Gasteiger partial charge >= 0.3 is 0 Å². The second-order valence-corrected chi connectivity index (χ2v) is 9.65. The second-order valence-electron chi connectivity index (χ2n) is 9.65. The highest BCUT2D eigenvalue weighted by Gasteiger charge is 2.57. The van der Waals surface area contributed by atoms with Crippen LogP contribution >= 0.6 is 0 Å². The first kappa shape index (κ1) is 19.5. The summed E-state index contributed by atoms with van der Waals surface area (Å²) in [5, 5.41) is 10.1. The molecule has 5 rings (SSSR count). The average Bonchev–Trinajstić information content (AvgIpc) is 3.66. The summed E-state index contributed by atoms with van der Waals surface area (Å²) in [6, 6.07) is 14.8. The van der Waals surface area contributed by atoms with Gasteiger partial charge in [-0.15, -0.1) is 0 Å². The number of rotatable bonds is 4. The SMILES string of the molecule is CC(=O)c1ccc(-c2ccc(C3CC34CCN(C(=O)C3(O)CC3)CC4)cc2)c(C)c1. The number of carbonyl (C=O) groups is 2. The van der Waals surface area contributed by atoms with E-state index in [0.717, 1.165) is 37.1 Å². The third kappa shape index (κ3) is 3.27. The van der Waals surface area contributed by atoms with E-state index in [2.05, 4.69) is 31.2 Å². The van der Waals surface area contributed by atoms with Gasteiger partial charge in [-0.05, 0) is 85.6 Å². The summed E-state index contributed by atoms with van der Waals surface area (Å²) < 4.78 is 0. The first-order chi connectivity index (χ1) is 14.3. The molecule has 1 saturated heterocycles. The maximum absolute atomic E-state index is 12.4. The van der Waals surface area contributed by atoms with Crippen molar-refractivity contribution < 1.29 is 14.7 Å². The van der Waals surface area contributed by atoms with Gasteiger partial charge in [0.1, 0.15) is 5.60 Å². The zero-order valence-electron chi connectivity index (χ0n) is 17.8. The van der Waals surface area contributed by atoms with E-state index in [1.165, 1.54) is 23.1 Å². The monoisotopic (exact) mass is 403 g/mol. The summed E-state index contributed by atoms with van der Waals surface area (Å²) in [5.74, 6) is 0.622. The minimum Gasteiger partial charge on any atom is -0.380 e. The molecule has 3 aliphatic rings. The zero-order chi connectivity index (χ0) is 21.1. The van der Waals surface area contributed by atoms with Gasteiger partial charge in [-0.3, -0.25) is 9.59 Å². The molecule has 0 radical (unpaired) electrons. The van der Waals surface area contributed by atoms with Crippen molar-refractivity contribution in [2.45, 2.75) is 57.5 Å². The number of aliphatic hydroxyl groups is 1. The molecule has 4 heteroatoms. The minimum absolute atomic E-state index is 0.0509. The lowest BCUT2D eigenvalue weighted by Gasteiger charge is -2.34. The fourth-order valence-electron chi connectivity index (χ4n) is 5.25. The lowest BCUT2D eigenvalue weighted by Crippen LogP contribution is -2.45. The van der Waals surface area contributed by atoms with Crippen LogP contribution in [0.5, 0.6) is 0 Å². The van der Waals surface area contributed by atoms with Crippen molar-refractivity contribution in [1.82, 2.24) is 4.90 Å². The van der Waals surface area contributed by atoms with E-state index < -0.39 is 5.60 Å². The number of piperidine rings is 1. The number of aryl methyl sites for hydroxylation is 1. The second kappa shape index (κ2) is 6.78. The fourth-order valence-corrected chi connectivity index (χ4v) is 5.25. The van der Waals surface area contributed by atoms with Crippen LogP contribution in [0, 0.1) is 12.3 Å². The van der Waals surface area contributed by atoms with Gasteiger partial charge in [-0.25, -0.2) is 0 Å². The molecule has 2 saturated carbocycles. The van der Waals surface area contributed by atoms with Crippen LogP contribution in [0.1, 0.15) is 66.4 Å². The smallest absolute Gasteiger partial charge is 0.254 e. The molecule has 2 aromatic rings. The van der Waals surface area contributed by atoms with Crippen molar-refractivity contribution in [3.05, 3.63) is 59.2 Å². The molecule has 1 atom stereocenters. The van der Waals surface area contributed by atoms with Gasteiger partial charge in [0.2, 0.25) is 0 Å². The minimum atomic E-state index is -1.04. The molecule has 2 aromatic carbocycles. The van der Waals surface area contributed by atoms with E-state index in [1.54, 1.807) is 6.92 Å². The molecule has 1 amide bonds. The topological polar surface area (TPSA) is 57.6 Å². The lowest BCUT2D eigenvalue weighted by atomic mass is 9.88. The molecule has 30 heavy (non-hydrogen) atoms. The number of amides is 1. The molecule has 1 heterocycles. The highest BCUT2D eigenvalue weighted by Crippen LogP contribution is 2.65. The van der Waals surface area contributed by atoms with Crippen LogP contribution in [-0.2, 0) is 4.79 Å². The molecule has 1 unspecified atom stereocenters. The van der Waals surface area contributed by atoms with Crippen LogP contribution in [0.4, 0.5) is 0 Å². The number of likely N-dealkylation sites (tertiary alicyclic amines) is 1. The average molecular weight is 404 g/mol. The van der Waals surface area contributed by atoms with Crippen molar-refractivity contribution in [3.8, 4) is 11.1 Å². The Morgan fingerprint density at radius 1 is 1.00 bits per heavy atom. The number of nitrogens with zero attached hydrogens (tertiary/aromatic N) is 1. The van der Waals surface area contributed by atoms with Crippen molar-refractivity contribution in [2.24, 2.45) is 5.41 Å². The van der Waals surface area contributed by atoms with Crippen LogP contribution in [0.25, 0.3) is 11.1 Å². The highest BCUT2D eigenvalue weighted by molar-refractivity contribution is 5.95. The van der Waals surface area contributed by atoms with Gasteiger partial charge in [0.25, 0.3) is 5.91 Å². The van der Waals surface area contributed by atoms with E-state index >= 15 is 0 Å². The lowest BCUT2D eigenvalue weighted by molar-refractivity contribution is -0.144. The van der Waals surface area contributed by atoms with Gasteiger partial charge in [-0.1, -0.05) is 36.4 Å². The van der Waals surface area contributed by atoms with Gasteiger partial charge in [0.05, 0.1) is 0 Å². The Hall–Kier alpha value is -2.46.